The molecule has 4 nitrogen and oxygen atoms in total. The van der Waals surface area contributed by atoms with Gasteiger partial charge in [-0.2, -0.15) is 8.78 Å². The number of rotatable bonds is 5. The van der Waals surface area contributed by atoms with Crippen molar-refractivity contribution in [1.29, 1.82) is 0 Å². The zero-order chi connectivity index (χ0) is 18.4. The summed E-state index contributed by atoms with van der Waals surface area (Å²) >= 11 is 0. The summed E-state index contributed by atoms with van der Waals surface area (Å²) in [5, 5.41) is 5.47. The summed E-state index contributed by atoms with van der Waals surface area (Å²) in [5.74, 6) is 0.0490. The summed E-state index contributed by atoms with van der Waals surface area (Å²) < 4.78 is 29.3. The van der Waals surface area contributed by atoms with E-state index in [4.69, 9.17) is 0 Å². The molecule has 0 unspecified atom stereocenters. The third kappa shape index (κ3) is 5.45. The van der Waals surface area contributed by atoms with Crippen LogP contribution in [0.5, 0.6) is 5.75 Å². The monoisotopic (exact) mass is 348 g/mol. The highest BCUT2D eigenvalue weighted by molar-refractivity contribution is 5.90. The Morgan fingerprint density at radius 3 is 2.40 bits per heavy atom. The number of nitrogens with one attached hydrogen (secondary N) is 2. The topological polar surface area (TPSA) is 50.4 Å². The summed E-state index contributed by atoms with van der Waals surface area (Å²) in [6.45, 7) is 3.34. The molecule has 6 heteroatoms. The smallest absolute Gasteiger partial charge is 0.387 e. The molecule has 0 saturated heterocycles. The highest BCUT2D eigenvalue weighted by Gasteiger charge is 2.18. The number of ether oxygens (including phenoxy) is 1. The van der Waals surface area contributed by atoms with Crippen LogP contribution in [-0.2, 0) is 12.0 Å². The number of hydrogen-bond donors (Lipinski definition) is 2. The van der Waals surface area contributed by atoms with Crippen LogP contribution in [0.1, 0.15) is 31.9 Å². The van der Waals surface area contributed by atoms with Crippen molar-refractivity contribution in [2.45, 2.75) is 39.3 Å². The van der Waals surface area contributed by atoms with Gasteiger partial charge in [-0.05, 0) is 23.1 Å². The quantitative estimate of drug-likeness (QED) is 0.807. The van der Waals surface area contributed by atoms with Crippen molar-refractivity contribution in [3.8, 4) is 5.75 Å². The zero-order valence-electron chi connectivity index (χ0n) is 14.5. The van der Waals surface area contributed by atoms with E-state index in [9.17, 15) is 13.6 Å². The van der Waals surface area contributed by atoms with Gasteiger partial charge in [0.2, 0.25) is 0 Å². The molecule has 0 atom stereocenters. The van der Waals surface area contributed by atoms with Crippen LogP contribution in [0.3, 0.4) is 0 Å². The first-order chi connectivity index (χ1) is 11.8. The highest BCUT2D eigenvalue weighted by atomic mass is 19.3. The normalized spacial score (nSPS) is 11.3. The largest absolute Gasteiger partial charge is 0.434 e. The van der Waals surface area contributed by atoms with E-state index in [0.29, 0.717) is 11.3 Å². The standard InChI is InChI=1S/C19H22F2N2O2/c1-19(2,3)14-9-5-6-10-15(14)23-18(24)22-12-13-8-4-7-11-16(13)25-17(20)21/h4-11,17H,12H2,1-3H3,(H2,22,23,24). The number of hydrogen-bond acceptors (Lipinski definition) is 2. The molecule has 2 aromatic carbocycles. The summed E-state index contributed by atoms with van der Waals surface area (Å²) in [6.07, 6.45) is 0. The third-order valence-corrected chi connectivity index (χ3v) is 3.61. The number of halogens is 2. The van der Waals surface area contributed by atoms with E-state index in [1.165, 1.54) is 6.07 Å². The number of amides is 2. The molecule has 0 bridgehead atoms. The van der Waals surface area contributed by atoms with Gasteiger partial charge in [-0.25, -0.2) is 4.79 Å². The molecular formula is C19H22F2N2O2. The number of carbonyl (C=O) groups excluding carboxylic acids is 1. The number of benzene rings is 2. The minimum atomic E-state index is -2.91. The van der Waals surface area contributed by atoms with Crippen LogP contribution in [0.25, 0.3) is 0 Å². The number of para-hydroxylation sites is 2. The predicted molar refractivity (Wildman–Crippen MR) is 94.1 cm³/mol. The molecule has 0 aliphatic heterocycles. The van der Waals surface area contributed by atoms with Gasteiger partial charge >= 0.3 is 12.6 Å². The van der Waals surface area contributed by atoms with Crippen molar-refractivity contribution in [1.82, 2.24) is 5.32 Å². The van der Waals surface area contributed by atoms with Crippen LogP contribution in [-0.4, -0.2) is 12.6 Å². The molecule has 0 aromatic heterocycles. The van der Waals surface area contributed by atoms with Gasteiger partial charge in [0.05, 0.1) is 0 Å². The molecule has 0 saturated carbocycles. The van der Waals surface area contributed by atoms with Gasteiger partial charge in [0.1, 0.15) is 5.75 Å². The van der Waals surface area contributed by atoms with Gasteiger partial charge in [-0.3, -0.25) is 0 Å². The Labute approximate surface area is 146 Å². The first-order valence-electron chi connectivity index (χ1n) is 7.94. The fourth-order valence-electron chi connectivity index (χ4n) is 2.45. The first kappa shape index (κ1) is 18.7. The van der Waals surface area contributed by atoms with Gasteiger partial charge in [0.25, 0.3) is 0 Å². The summed E-state index contributed by atoms with van der Waals surface area (Å²) in [6, 6.07) is 13.5. The molecule has 2 aromatic rings. The second kappa shape index (κ2) is 7.96. The lowest BCUT2D eigenvalue weighted by Crippen LogP contribution is -2.29. The molecule has 0 fully saturated rings. The maximum absolute atomic E-state index is 12.4. The molecule has 0 heterocycles. The van der Waals surface area contributed by atoms with Gasteiger partial charge in [-0.1, -0.05) is 57.2 Å². The van der Waals surface area contributed by atoms with E-state index in [0.717, 1.165) is 5.56 Å². The first-order valence-corrected chi connectivity index (χ1v) is 7.94. The Morgan fingerprint density at radius 1 is 1.08 bits per heavy atom. The number of anilines is 1. The predicted octanol–water partition coefficient (Wildman–Crippen LogP) is 4.91. The second-order valence-electron chi connectivity index (χ2n) is 6.59. The van der Waals surface area contributed by atoms with Crippen LogP contribution in [0.15, 0.2) is 48.5 Å². The Balaban J connectivity index is 2.03. The van der Waals surface area contributed by atoms with E-state index in [-0.39, 0.29) is 17.7 Å². The van der Waals surface area contributed by atoms with Crippen molar-refractivity contribution >= 4 is 11.7 Å². The van der Waals surface area contributed by atoms with Crippen molar-refractivity contribution in [3.05, 3.63) is 59.7 Å². The van der Waals surface area contributed by atoms with E-state index < -0.39 is 12.6 Å². The van der Waals surface area contributed by atoms with Crippen LogP contribution < -0.4 is 15.4 Å². The van der Waals surface area contributed by atoms with Gasteiger partial charge in [0.15, 0.2) is 0 Å². The zero-order valence-corrected chi connectivity index (χ0v) is 14.5. The average Bonchev–Trinajstić information content (AvgIpc) is 2.53. The van der Waals surface area contributed by atoms with E-state index in [1.54, 1.807) is 18.2 Å². The molecule has 0 aliphatic rings. The maximum atomic E-state index is 12.4. The van der Waals surface area contributed by atoms with Gasteiger partial charge in [-0.15, -0.1) is 0 Å². The fourth-order valence-corrected chi connectivity index (χ4v) is 2.45. The molecule has 0 aliphatic carbocycles. The van der Waals surface area contributed by atoms with Crippen LogP contribution in [0.2, 0.25) is 0 Å². The van der Waals surface area contributed by atoms with Crippen LogP contribution in [0.4, 0.5) is 19.3 Å². The molecule has 0 radical (unpaired) electrons. The average molecular weight is 348 g/mol. The second-order valence-corrected chi connectivity index (χ2v) is 6.59. The fraction of sp³-hybridized carbons (Fsp3) is 0.316. The molecule has 2 rings (SSSR count). The lowest BCUT2D eigenvalue weighted by atomic mass is 9.86. The molecule has 0 spiro atoms. The van der Waals surface area contributed by atoms with Gasteiger partial charge in [0, 0.05) is 17.8 Å². The van der Waals surface area contributed by atoms with Crippen LogP contribution >= 0.6 is 0 Å². The summed E-state index contributed by atoms with van der Waals surface area (Å²) in [7, 11) is 0. The molecule has 2 N–H and O–H groups in total. The Morgan fingerprint density at radius 2 is 1.72 bits per heavy atom. The van der Waals surface area contributed by atoms with Crippen molar-refractivity contribution in [2.75, 3.05) is 5.32 Å². The van der Waals surface area contributed by atoms with Crippen molar-refractivity contribution < 1.29 is 18.3 Å². The summed E-state index contributed by atoms with van der Waals surface area (Å²) in [5.41, 5.74) is 2.07. The molecule has 25 heavy (non-hydrogen) atoms. The third-order valence-electron chi connectivity index (χ3n) is 3.61. The number of alkyl halides is 2. The van der Waals surface area contributed by atoms with E-state index in [1.807, 2.05) is 24.3 Å². The van der Waals surface area contributed by atoms with E-state index >= 15 is 0 Å². The molecular weight excluding hydrogens is 326 g/mol. The lowest BCUT2D eigenvalue weighted by Gasteiger charge is -2.23. The lowest BCUT2D eigenvalue weighted by molar-refractivity contribution is -0.0504. The Kier molecular flexibility index (Phi) is 5.96. The Bertz CT molecular complexity index is 727. The number of urea groups is 1. The minimum absolute atomic E-state index is 0.0490. The number of carbonyl (C=O) groups is 1. The molecule has 2 amide bonds. The highest BCUT2D eigenvalue weighted by Crippen LogP contribution is 2.29. The van der Waals surface area contributed by atoms with E-state index in [2.05, 4.69) is 36.1 Å². The van der Waals surface area contributed by atoms with Gasteiger partial charge < -0.3 is 15.4 Å². The van der Waals surface area contributed by atoms with Crippen molar-refractivity contribution in [2.24, 2.45) is 0 Å². The van der Waals surface area contributed by atoms with Crippen LogP contribution in [0, 0.1) is 0 Å². The summed E-state index contributed by atoms with van der Waals surface area (Å²) in [4.78, 5) is 12.2. The SMILES string of the molecule is CC(C)(C)c1ccccc1NC(=O)NCc1ccccc1OC(F)F. The van der Waals surface area contributed by atoms with Crippen molar-refractivity contribution in [3.63, 3.8) is 0 Å². The minimum Gasteiger partial charge on any atom is -0.434 e. The Hall–Kier alpha value is -2.63. The molecule has 134 valence electrons. The maximum Gasteiger partial charge on any atom is 0.387 e.